The second kappa shape index (κ2) is 3.56. The molecule has 3 rings (SSSR count). The van der Waals surface area contributed by atoms with Crippen molar-refractivity contribution in [2.75, 3.05) is 11.1 Å². The maximum Gasteiger partial charge on any atom is 0.224 e. The zero-order valence-electron chi connectivity index (χ0n) is 9.46. The van der Waals surface area contributed by atoms with Gasteiger partial charge in [-0.1, -0.05) is 0 Å². The van der Waals surface area contributed by atoms with Crippen LogP contribution in [0.1, 0.15) is 26.0 Å². The molecule has 90 valence electrons. The Balaban J connectivity index is 2.14. The van der Waals surface area contributed by atoms with Gasteiger partial charge in [0.05, 0.1) is 6.33 Å². The van der Waals surface area contributed by atoms with Crippen LogP contribution in [0.5, 0.6) is 0 Å². The maximum atomic E-state index is 9.59. The highest BCUT2D eigenvalue weighted by Crippen LogP contribution is 2.28. The molecule has 1 fully saturated rings. The minimum atomic E-state index is -0.692. The second-order valence-corrected chi connectivity index (χ2v) is 4.30. The smallest absolute Gasteiger partial charge is 0.224 e. The number of aliphatic hydroxyl groups is 1. The third-order valence-electron chi connectivity index (χ3n) is 2.76. The number of hydrogen-bond acceptors (Lipinski definition) is 6. The van der Waals surface area contributed by atoms with E-state index in [4.69, 9.17) is 5.73 Å². The average molecular weight is 234 g/mol. The highest BCUT2D eigenvalue weighted by Gasteiger charge is 2.24. The molecule has 1 saturated carbocycles. The van der Waals surface area contributed by atoms with Crippen LogP contribution < -0.4 is 11.1 Å². The van der Waals surface area contributed by atoms with Crippen LogP contribution >= 0.6 is 0 Å². The van der Waals surface area contributed by atoms with Crippen molar-refractivity contribution in [2.24, 2.45) is 0 Å². The Hall–Kier alpha value is -1.89. The minimum Gasteiger partial charge on any atom is -0.373 e. The van der Waals surface area contributed by atoms with E-state index in [0.29, 0.717) is 23.0 Å². The van der Waals surface area contributed by atoms with Crippen LogP contribution in [0.15, 0.2) is 6.33 Å². The van der Waals surface area contributed by atoms with Crippen LogP contribution in [0.25, 0.3) is 11.2 Å². The summed E-state index contributed by atoms with van der Waals surface area (Å²) < 4.78 is 1.56. The van der Waals surface area contributed by atoms with Crippen LogP contribution in [0.2, 0.25) is 0 Å². The number of aliphatic hydroxyl groups excluding tert-OH is 1. The van der Waals surface area contributed by atoms with Crippen LogP contribution in [-0.4, -0.2) is 30.7 Å². The molecular formula is C10H14N6O. The average Bonchev–Trinajstić information content (AvgIpc) is 2.94. The number of nitrogens with one attached hydrogen (secondary N) is 1. The van der Waals surface area contributed by atoms with Gasteiger partial charge in [-0.05, 0) is 19.8 Å². The van der Waals surface area contributed by atoms with Crippen molar-refractivity contribution in [3.8, 4) is 0 Å². The fraction of sp³-hybridized carbons (Fsp3) is 0.500. The Morgan fingerprint density at radius 1 is 1.53 bits per heavy atom. The van der Waals surface area contributed by atoms with E-state index in [1.807, 2.05) is 0 Å². The molecule has 0 saturated heterocycles. The molecule has 1 aliphatic carbocycles. The molecule has 2 aromatic heterocycles. The molecule has 0 bridgehead atoms. The van der Waals surface area contributed by atoms with Crippen molar-refractivity contribution in [1.29, 1.82) is 0 Å². The first-order valence-corrected chi connectivity index (χ1v) is 5.60. The normalized spacial score (nSPS) is 17.3. The predicted molar refractivity (Wildman–Crippen MR) is 63.3 cm³/mol. The maximum absolute atomic E-state index is 9.59. The van der Waals surface area contributed by atoms with E-state index in [1.165, 1.54) is 0 Å². The summed E-state index contributed by atoms with van der Waals surface area (Å²) in [6.45, 7) is 1.65. The van der Waals surface area contributed by atoms with Crippen LogP contribution in [0, 0.1) is 0 Å². The lowest BCUT2D eigenvalue weighted by Gasteiger charge is -2.08. The third kappa shape index (κ3) is 1.78. The van der Waals surface area contributed by atoms with Crippen LogP contribution in [0.4, 0.5) is 11.8 Å². The lowest BCUT2D eigenvalue weighted by Crippen LogP contribution is -2.09. The zero-order chi connectivity index (χ0) is 12.0. The molecule has 7 heteroatoms. The molecule has 4 N–H and O–H groups in total. The molecule has 0 amide bonds. The van der Waals surface area contributed by atoms with Gasteiger partial charge in [-0.2, -0.15) is 9.97 Å². The molecule has 0 radical (unpaired) electrons. The van der Waals surface area contributed by atoms with Gasteiger partial charge in [0.2, 0.25) is 5.95 Å². The van der Waals surface area contributed by atoms with Gasteiger partial charge >= 0.3 is 0 Å². The van der Waals surface area contributed by atoms with Crippen LogP contribution in [0.3, 0.4) is 0 Å². The molecular weight excluding hydrogens is 220 g/mol. The predicted octanol–water partition coefficient (Wildman–Crippen LogP) is 0.494. The number of aromatic nitrogens is 4. The molecule has 0 spiro atoms. The zero-order valence-corrected chi connectivity index (χ0v) is 9.46. The summed E-state index contributed by atoms with van der Waals surface area (Å²) in [5.41, 5.74) is 6.86. The number of rotatable bonds is 3. The molecule has 7 nitrogen and oxygen atoms in total. The van der Waals surface area contributed by atoms with E-state index in [2.05, 4.69) is 20.3 Å². The van der Waals surface area contributed by atoms with Gasteiger partial charge in [0.15, 0.2) is 17.0 Å². The summed E-state index contributed by atoms with van der Waals surface area (Å²) in [7, 11) is 0. The summed E-state index contributed by atoms with van der Waals surface area (Å²) in [5.74, 6) is 0.831. The van der Waals surface area contributed by atoms with Gasteiger partial charge < -0.3 is 16.2 Å². The van der Waals surface area contributed by atoms with E-state index >= 15 is 0 Å². The van der Waals surface area contributed by atoms with E-state index < -0.39 is 6.23 Å². The molecule has 0 aliphatic heterocycles. The molecule has 1 atom stereocenters. The van der Waals surface area contributed by atoms with Gasteiger partial charge in [0, 0.05) is 6.04 Å². The Labute approximate surface area is 97.7 Å². The summed E-state index contributed by atoms with van der Waals surface area (Å²) in [6, 6.07) is 0.462. The summed E-state index contributed by atoms with van der Waals surface area (Å²) in [4.78, 5) is 12.5. The Morgan fingerprint density at radius 2 is 2.29 bits per heavy atom. The Morgan fingerprint density at radius 3 is 2.94 bits per heavy atom. The number of fused-ring (bicyclic) bond motifs is 1. The number of nitrogen functional groups attached to an aromatic ring is 1. The van der Waals surface area contributed by atoms with E-state index in [9.17, 15) is 5.11 Å². The first-order chi connectivity index (χ1) is 8.15. The fourth-order valence-electron chi connectivity index (χ4n) is 1.73. The number of anilines is 2. The summed E-state index contributed by atoms with van der Waals surface area (Å²) in [6.07, 6.45) is 3.13. The van der Waals surface area contributed by atoms with Crippen molar-refractivity contribution in [2.45, 2.75) is 32.0 Å². The molecule has 1 unspecified atom stereocenters. The van der Waals surface area contributed by atoms with Gasteiger partial charge in [-0.15, -0.1) is 0 Å². The number of nitrogens with zero attached hydrogens (tertiary/aromatic N) is 4. The lowest BCUT2D eigenvalue weighted by molar-refractivity contribution is 0.128. The van der Waals surface area contributed by atoms with Crippen molar-refractivity contribution in [3.05, 3.63) is 6.33 Å². The van der Waals surface area contributed by atoms with Crippen molar-refractivity contribution >= 4 is 22.9 Å². The first kappa shape index (κ1) is 10.3. The van der Waals surface area contributed by atoms with Gasteiger partial charge in [0.1, 0.15) is 6.23 Å². The molecule has 1 aliphatic rings. The van der Waals surface area contributed by atoms with Gasteiger partial charge in [0.25, 0.3) is 0 Å². The van der Waals surface area contributed by atoms with E-state index in [1.54, 1.807) is 17.8 Å². The lowest BCUT2D eigenvalue weighted by atomic mass is 10.4. The topological polar surface area (TPSA) is 102 Å². The minimum absolute atomic E-state index is 0.183. The van der Waals surface area contributed by atoms with Crippen molar-refractivity contribution in [1.82, 2.24) is 19.5 Å². The van der Waals surface area contributed by atoms with E-state index in [0.717, 1.165) is 12.8 Å². The monoisotopic (exact) mass is 234 g/mol. The number of nitrogens with two attached hydrogens (primary N) is 1. The molecule has 17 heavy (non-hydrogen) atoms. The molecule has 2 heterocycles. The number of hydrogen-bond donors (Lipinski definition) is 3. The standard InChI is InChI=1S/C10H14N6O/c1-5(17)16-4-12-7-8(13-6-2-3-6)14-10(11)15-9(7)16/h4-6,17H,2-3H2,1H3,(H3,11,13,14,15). The third-order valence-corrected chi connectivity index (χ3v) is 2.76. The highest BCUT2D eigenvalue weighted by atomic mass is 16.3. The largest absolute Gasteiger partial charge is 0.373 e. The second-order valence-electron chi connectivity index (χ2n) is 4.30. The van der Waals surface area contributed by atoms with E-state index in [-0.39, 0.29) is 5.95 Å². The molecule has 0 aromatic carbocycles. The van der Waals surface area contributed by atoms with Crippen LogP contribution in [-0.2, 0) is 0 Å². The number of imidazole rings is 1. The Kier molecular flexibility index (Phi) is 2.15. The van der Waals surface area contributed by atoms with Crippen molar-refractivity contribution < 1.29 is 5.11 Å². The fourth-order valence-corrected chi connectivity index (χ4v) is 1.73. The SMILES string of the molecule is CC(O)n1cnc2c(NC3CC3)nc(N)nc21. The highest BCUT2D eigenvalue weighted by molar-refractivity contribution is 5.84. The Bertz CT molecular complexity index is 559. The first-order valence-electron chi connectivity index (χ1n) is 5.60. The summed E-state index contributed by atoms with van der Waals surface area (Å²) >= 11 is 0. The van der Waals surface area contributed by atoms with Gasteiger partial charge in [-0.3, -0.25) is 4.57 Å². The summed E-state index contributed by atoms with van der Waals surface area (Å²) in [5, 5.41) is 12.9. The van der Waals surface area contributed by atoms with Gasteiger partial charge in [-0.25, -0.2) is 4.98 Å². The van der Waals surface area contributed by atoms with Crippen molar-refractivity contribution in [3.63, 3.8) is 0 Å². The quantitative estimate of drug-likeness (QED) is 0.714. The molecule has 2 aromatic rings.